The molecule has 0 aliphatic rings. The van der Waals surface area contributed by atoms with Gasteiger partial charge in [-0.15, -0.1) is 11.6 Å². The SMILES string of the molecule is CCc1occc1C(Cl)c1ccc2c(c1)n(C)c(=O)n2C. The average molecular weight is 305 g/mol. The fourth-order valence-corrected chi connectivity index (χ4v) is 3.05. The van der Waals surface area contributed by atoms with Crippen molar-refractivity contribution >= 4 is 22.6 Å². The van der Waals surface area contributed by atoms with E-state index < -0.39 is 0 Å². The molecule has 3 aromatic rings. The molecule has 1 unspecified atom stereocenters. The number of imidazole rings is 1. The Bertz CT molecular complexity index is 857. The van der Waals surface area contributed by atoms with Crippen LogP contribution in [0, 0.1) is 0 Å². The van der Waals surface area contributed by atoms with Crippen LogP contribution in [0.2, 0.25) is 0 Å². The van der Waals surface area contributed by atoms with Gasteiger partial charge in [-0.1, -0.05) is 13.0 Å². The standard InChI is InChI=1S/C16H17ClN2O2/c1-4-14-11(7-8-21-14)15(17)10-5-6-12-13(9-10)19(3)16(20)18(12)2/h5-9,15H,4H2,1-3H3. The number of alkyl halides is 1. The molecule has 110 valence electrons. The molecule has 21 heavy (non-hydrogen) atoms. The maximum Gasteiger partial charge on any atom is 0.328 e. The summed E-state index contributed by atoms with van der Waals surface area (Å²) >= 11 is 6.60. The van der Waals surface area contributed by atoms with Gasteiger partial charge >= 0.3 is 5.69 Å². The maximum atomic E-state index is 12.0. The highest BCUT2D eigenvalue weighted by atomic mass is 35.5. The van der Waals surface area contributed by atoms with E-state index in [1.165, 1.54) is 0 Å². The van der Waals surface area contributed by atoms with Crippen molar-refractivity contribution in [1.82, 2.24) is 9.13 Å². The molecule has 3 rings (SSSR count). The zero-order valence-electron chi connectivity index (χ0n) is 12.3. The average Bonchev–Trinajstić information content (AvgIpc) is 3.06. The first-order chi connectivity index (χ1) is 10.0. The van der Waals surface area contributed by atoms with Crippen LogP contribution in [0.4, 0.5) is 0 Å². The summed E-state index contributed by atoms with van der Waals surface area (Å²) in [5.74, 6) is 0.900. The predicted octanol–water partition coefficient (Wildman–Crippen LogP) is 3.36. The summed E-state index contributed by atoms with van der Waals surface area (Å²) in [5, 5.41) is -0.279. The fourth-order valence-electron chi connectivity index (χ4n) is 2.72. The lowest BCUT2D eigenvalue weighted by Gasteiger charge is -2.10. The Hall–Kier alpha value is -1.94. The molecule has 0 fully saturated rings. The number of furan rings is 1. The van der Waals surface area contributed by atoms with E-state index in [1.54, 1.807) is 29.5 Å². The Kier molecular flexibility index (Phi) is 3.41. The molecule has 0 N–H and O–H groups in total. The fraction of sp³-hybridized carbons (Fsp3) is 0.312. The van der Waals surface area contributed by atoms with E-state index in [4.69, 9.17) is 16.0 Å². The van der Waals surface area contributed by atoms with Gasteiger partial charge < -0.3 is 4.42 Å². The van der Waals surface area contributed by atoms with Crippen LogP contribution in [0.3, 0.4) is 0 Å². The number of hydrogen-bond acceptors (Lipinski definition) is 2. The topological polar surface area (TPSA) is 40.1 Å². The highest BCUT2D eigenvalue weighted by molar-refractivity contribution is 6.22. The van der Waals surface area contributed by atoms with E-state index in [9.17, 15) is 4.79 Å². The van der Waals surface area contributed by atoms with Crippen molar-refractivity contribution in [3.05, 3.63) is 57.9 Å². The zero-order chi connectivity index (χ0) is 15.1. The lowest BCUT2D eigenvalue weighted by molar-refractivity contribution is 0.512. The van der Waals surface area contributed by atoms with Crippen LogP contribution in [-0.4, -0.2) is 9.13 Å². The molecule has 1 aromatic carbocycles. The summed E-state index contributed by atoms with van der Waals surface area (Å²) < 4.78 is 8.72. The molecule has 0 aliphatic heterocycles. The Balaban J connectivity index is 2.13. The second-order valence-corrected chi connectivity index (χ2v) is 5.60. The number of halogens is 1. The Morgan fingerprint density at radius 1 is 1.19 bits per heavy atom. The summed E-state index contributed by atoms with van der Waals surface area (Å²) in [7, 11) is 3.54. The molecule has 0 radical (unpaired) electrons. The Labute approximate surface area is 127 Å². The van der Waals surface area contributed by atoms with Crippen molar-refractivity contribution in [1.29, 1.82) is 0 Å². The highest BCUT2D eigenvalue weighted by Gasteiger charge is 2.18. The minimum Gasteiger partial charge on any atom is -0.469 e. The van der Waals surface area contributed by atoms with Gasteiger partial charge in [0, 0.05) is 26.1 Å². The van der Waals surface area contributed by atoms with E-state index in [2.05, 4.69) is 0 Å². The molecule has 0 spiro atoms. The van der Waals surface area contributed by atoms with Crippen molar-refractivity contribution in [3.63, 3.8) is 0 Å². The summed E-state index contributed by atoms with van der Waals surface area (Å²) in [6, 6.07) is 7.78. The van der Waals surface area contributed by atoms with E-state index in [-0.39, 0.29) is 11.1 Å². The summed E-state index contributed by atoms with van der Waals surface area (Å²) in [6.07, 6.45) is 2.47. The van der Waals surface area contributed by atoms with Gasteiger partial charge in [0.15, 0.2) is 0 Å². The van der Waals surface area contributed by atoms with Gasteiger partial charge in [-0.05, 0) is 23.8 Å². The third-order valence-electron chi connectivity index (χ3n) is 3.96. The first-order valence-corrected chi connectivity index (χ1v) is 7.34. The second-order valence-electron chi connectivity index (χ2n) is 5.16. The molecule has 0 bridgehead atoms. The molecular formula is C16H17ClN2O2. The van der Waals surface area contributed by atoms with Crippen LogP contribution < -0.4 is 5.69 Å². The van der Waals surface area contributed by atoms with E-state index in [0.717, 1.165) is 34.3 Å². The lowest BCUT2D eigenvalue weighted by atomic mass is 10.0. The molecule has 1 atom stereocenters. The molecule has 0 saturated carbocycles. The van der Waals surface area contributed by atoms with Crippen molar-refractivity contribution in [2.75, 3.05) is 0 Å². The van der Waals surface area contributed by atoms with Crippen LogP contribution in [0.5, 0.6) is 0 Å². The number of rotatable bonds is 3. The number of hydrogen-bond donors (Lipinski definition) is 0. The van der Waals surface area contributed by atoms with E-state index in [1.807, 2.05) is 31.2 Å². The monoisotopic (exact) mass is 304 g/mol. The lowest BCUT2D eigenvalue weighted by Crippen LogP contribution is -2.19. The number of fused-ring (bicyclic) bond motifs is 1. The van der Waals surface area contributed by atoms with Crippen LogP contribution in [0.15, 0.2) is 39.7 Å². The molecule has 5 heteroatoms. The minimum atomic E-state index is -0.279. The van der Waals surface area contributed by atoms with Crippen molar-refractivity contribution in [2.24, 2.45) is 14.1 Å². The first-order valence-electron chi connectivity index (χ1n) is 6.90. The largest absolute Gasteiger partial charge is 0.469 e. The van der Waals surface area contributed by atoms with Crippen LogP contribution in [0.1, 0.15) is 29.2 Å². The first kappa shape index (κ1) is 14.0. The summed E-state index contributed by atoms with van der Waals surface area (Å²) in [4.78, 5) is 12.0. The number of benzene rings is 1. The van der Waals surface area contributed by atoms with Crippen molar-refractivity contribution in [2.45, 2.75) is 18.7 Å². The third-order valence-corrected chi connectivity index (χ3v) is 4.45. The number of nitrogens with zero attached hydrogens (tertiary/aromatic N) is 2. The van der Waals surface area contributed by atoms with Gasteiger partial charge in [0.25, 0.3) is 0 Å². The minimum absolute atomic E-state index is 0.0363. The van der Waals surface area contributed by atoms with Crippen molar-refractivity contribution in [3.8, 4) is 0 Å². The van der Waals surface area contributed by atoms with E-state index >= 15 is 0 Å². The molecule has 4 nitrogen and oxygen atoms in total. The number of aryl methyl sites for hydroxylation is 3. The molecule has 0 amide bonds. The summed E-state index contributed by atoms with van der Waals surface area (Å²) in [6.45, 7) is 2.04. The molecule has 2 aromatic heterocycles. The Morgan fingerprint density at radius 2 is 1.90 bits per heavy atom. The van der Waals surface area contributed by atoms with E-state index in [0.29, 0.717) is 0 Å². The quantitative estimate of drug-likeness (QED) is 0.696. The molecule has 0 saturated heterocycles. The second kappa shape index (κ2) is 5.11. The maximum absolute atomic E-state index is 12.0. The predicted molar refractivity (Wildman–Crippen MR) is 83.9 cm³/mol. The number of aromatic nitrogens is 2. The van der Waals surface area contributed by atoms with Gasteiger partial charge in [-0.25, -0.2) is 4.79 Å². The Morgan fingerprint density at radius 3 is 2.62 bits per heavy atom. The molecule has 2 heterocycles. The van der Waals surface area contributed by atoms with Gasteiger partial charge in [-0.2, -0.15) is 0 Å². The van der Waals surface area contributed by atoms with Crippen LogP contribution in [0.25, 0.3) is 11.0 Å². The van der Waals surface area contributed by atoms with Gasteiger partial charge in [-0.3, -0.25) is 9.13 Å². The molecule has 0 aliphatic carbocycles. The van der Waals surface area contributed by atoms with Gasteiger partial charge in [0.1, 0.15) is 5.76 Å². The van der Waals surface area contributed by atoms with Crippen LogP contribution >= 0.6 is 11.6 Å². The normalized spacial score (nSPS) is 13.0. The third kappa shape index (κ3) is 2.10. The van der Waals surface area contributed by atoms with Gasteiger partial charge in [0.05, 0.1) is 22.7 Å². The summed E-state index contributed by atoms with van der Waals surface area (Å²) in [5.41, 5.74) is 3.69. The van der Waals surface area contributed by atoms with Crippen LogP contribution in [-0.2, 0) is 20.5 Å². The zero-order valence-corrected chi connectivity index (χ0v) is 13.0. The highest BCUT2D eigenvalue weighted by Crippen LogP contribution is 2.33. The van der Waals surface area contributed by atoms with Crippen molar-refractivity contribution < 1.29 is 4.42 Å². The smallest absolute Gasteiger partial charge is 0.328 e. The molecular weight excluding hydrogens is 288 g/mol. The van der Waals surface area contributed by atoms with Gasteiger partial charge in [0.2, 0.25) is 0 Å².